The average Bonchev–Trinajstić information content (AvgIpc) is 3.22. The number of hydrogen-bond donors (Lipinski definition) is 5. The Hall–Kier alpha value is -1.52. The van der Waals surface area contributed by atoms with Gasteiger partial charge in [-0.1, -0.05) is 12.8 Å². The summed E-state index contributed by atoms with van der Waals surface area (Å²) in [5, 5.41) is 9.10. The van der Waals surface area contributed by atoms with Crippen LogP contribution in [-0.4, -0.2) is 61.7 Å². The number of esters is 1. The van der Waals surface area contributed by atoms with E-state index >= 15 is 0 Å². The summed E-state index contributed by atoms with van der Waals surface area (Å²) in [5.41, 5.74) is 2.60. The summed E-state index contributed by atoms with van der Waals surface area (Å²) < 4.78 is 5.22. The van der Waals surface area contributed by atoms with Gasteiger partial charge in [0.1, 0.15) is 0 Å². The molecule has 0 unspecified atom stereocenters. The molecule has 0 radical (unpaired) electrons. The minimum Gasteiger partial charge on any atom is -0.466 e. The number of rotatable bonds is 18. The van der Waals surface area contributed by atoms with Crippen molar-refractivity contribution in [1.29, 1.82) is 0 Å². The minimum atomic E-state index is -0.131. The highest BCUT2D eigenvalue weighted by Gasteiger charge is 2.25. The Bertz CT molecular complexity index is 538. The van der Waals surface area contributed by atoms with Crippen molar-refractivity contribution >= 4 is 29.7 Å². The van der Waals surface area contributed by atoms with E-state index in [0.717, 1.165) is 76.5 Å². The standard InChI is InChI=1S/C22H43N5O4S/c1-24-22(30)27-18-16-19(32-17-18)10-5-6-11-20(28)25-13-7-3-9-15-31-21(29)12-4-2-8-14-26-23/h18-19,26H,2-17,23H2,1H3,(H,25,28)(H2,24,27,30)/t18-,19-/m1/s1. The summed E-state index contributed by atoms with van der Waals surface area (Å²) in [5.74, 6) is 6.14. The molecule has 0 aromatic rings. The largest absolute Gasteiger partial charge is 0.466 e. The van der Waals surface area contributed by atoms with E-state index in [2.05, 4.69) is 21.4 Å². The lowest BCUT2D eigenvalue weighted by Crippen LogP contribution is -2.40. The van der Waals surface area contributed by atoms with Crippen molar-refractivity contribution in [2.45, 2.75) is 88.3 Å². The Morgan fingerprint density at radius 1 is 0.969 bits per heavy atom. The predicted octanol–water partition coefficient (Wildman–Crippen LogP) is 2.20. The summed E-state index contributed by atoms with van der Waals surface area (Å²) >= 11 is 1.91. The first-order chi connectivity index (χ1) is 15.5. The lowest BCUT2D eigenvalue weighted by Gasteiger charge is -2.12. The first kappa shape index (κ1) is 28.5. The second kappa shape index (κ2) is 19.0. The quantitative estimate of drug-likeness (QED) is 0.0891. The van der Waals surface area contributed by atoms with E-state index < -0.39 is 0 Å². The molecule has 1 saturated heterocycles. The molecule has 2 atom stereocenters. The highest BCUT2D eigenvalue weighted by atomic mass is 32.2. The van der Waals surface area contributed by atoms with Gasteiger partial charge in [0, 0.05) is 50.0 Å². The van der Waals surface area contributed by atoms with Gasteiger partial charge in [-0.25, -0.2) is 4.79 Å². The normalized spacial score (nSPS) is 17.7. The molecule has 3 amide bonds. The van der Waals surface area contributed by atoms with Gasteiger partial charge in [-0.3, -0.25) is 20.9 Å². The highest BCUT2D eigenvalue weighted by Crippen LogP contribution is 2.30. The third-order valence-electron chi connectivity index (χ3n) is 5.43. The molecular formula is C22H43N5O4S. The van der Waals surface area contributed by atoms with Gasteiger partial charge in [-0.05, 0) is 51.4 Å². The van der Waals surface area contributed by atoms with Crippen molar-refractivity contribution in [2.75, 3.05) is 32.5 Å². The molecule has 9 nitrogen and oxygen atoms in total. The summed E-state index contributed by atoms with van der Waals surface area (Å²) in [6, 6.07) is 0.137. The molecule has 1 heterocycles. The highest BCUT2D eigenvalue weighted by molar-refractivity contribution is 8.00. The number of unbranched alkanes of at least 4 members (excludes halogenated alkanes) is 5. The van der Waals surface area contributed by atoms with Crippen LogP contribution in [0.3, 0.4) is 0 Å². The van der Waals surface area contributed by atoms with Gasteiger partial charge in [-0.2, -0.15) is 11.8 Å². The third-order valence-corrected chi connectivity index (χ3v) is 6.93. The molecule has 0 saturated carbocycles. The number of hydrazine groups is 1. The van der Waals surface area contributed by atoms with Crippen molar-refractivity contribution in [3.05, 3.63) is 0 Å². The van der Waals surface area contributed by atoms with Crippen LogP contribution in [0.4, 0.5) is 4.79 Å². The number of urea groups is 1. The SMILES string of the molecule is CNC(=O)N[C@H]1CS[C@H](CCCCC(=O)NCCCCCOC(=O)CCCCCNN)C1. The molecule has 0 aromatic carbocycles. The van der Waals surface area contributed by atoms with E-state index in [1.54, 1.807) is 7.05 Å². The number of hydrogen-bond acceptors (Lipinski definition) is 7. The molecule has 0 aromatic heterocycles. The maximum absolute atomic E-state index is 11.9. The Kier molecular flexibility index (Phi) is 16.9. The summed E-state index contributed by atoms with van der Waals surface area (Å²) in [4.78, 5) is 34.9. The number of carbonyl (C=O) groups excluding carboxylic acids is 3. The molecule has 32 heavy (non-hydrogen) atoms. The topological polar surface area (TPSA) is 135 Å². The van der Waals surface area contributed by atoms with Gasteiger partial charge in [0.25, 0.3) is 0 Å². The molecule has 10 heteroatoms. The molecule has 1 aliphatic rings. The summed E-state index contributed by atoms with van der Waals surface area (Å²) in [6.07, 6.45) is 10.5. The minimum absolute atomic E-state index is 0.111. The lowest BCUT2D eigenvalue weighted by atomic mass is 10.1. The van der Waals surface area contributed by atoms with Crippen LogP contribution in [0.15, 0.2) is 0 Å². The Morgan fingerprint density at radius 2 is 1.72 bits per heavy atom. The van der Waals surface area contributed by atoms with Gasteiger partial charge in [-0.15, -0.1) is 0 Å². The summed E-state index contributed by atoms with van der Waals surface area (Å²) in [7, 11) is 1.63. The van der Waals surface area contributed by atoms with E-state index in [0.29, 0.717) is 31.2 Å². The van der Waals surface area contributed by atoms with Crippen LogP contribution in [0.25, 0.3) is 0 Å². The van der Waals surface area contributed by atoms with E-state index in [-0.39, 0.29) is 23.9 Å². The van der Waals surface area contributed by atoms with Crippen LogP contribution < -0.4 is 27.2 Å². The van der Waals surface area contributed by atoms with Gasteiger partial charge in [0.15, 0.2) is 0 Å². The Balaban J connectivity index is 1.87. The molecule has 0 spiro atoms. The number of amides is 3. The van der Waals surface area contributed by atoms with E-state index in [9.17, 15) is 14.4 Å². The second-order valence-electron chi connectivity index (χ2n) is 8.25. The average molecular weight is 474 g/mol. The third kappa shape index (κ3) is 15.3. The first-order valence-electron chi connectivity index (χ1n) is 12.0. The molecule has 0 bridgehead atoms. The van der Waals surface area contributed by atoms with Crippen LogP contribution in [0.5, 0.6) is 0 Å². The van der Waals surface area contributed by atoms with E-state index in [1.807, 2.05) is 11.8 Å². The molecular weight excluding hydrogens is 430 g/mol. The number of ether oxygens (including phenoxy) is 1. The Morgan fingerprint density at radius 3 is 2.50 bits per heavy atom. The fourth-order valence-corrected chi connectivity index (χ4v) is 5.00. The fraction of sp³-hybridized carbons (Fsp3) is 0.864. The van der Waals surface area contributed by atoms with Crippen LogP contribution in [0, 0.1) is 0 Å². The van der Waals surface area contributed by atoms with Crippen LogP contribution in [0.1, 0.15) is 77.0 Å². The van der Waals surface area contributed by atoms with Gasteiger partial charge in [0.05, 0.1) is 6.61 Å². The number of nitrogens with two attached hydrogens (primary N) is 1. The zero-order chi connectivity index (χ0) is 23.4. The van der Waals surface area contributed by atoms with Gasteiger partial charge >= 0.3 is 12.0 Å². The maximum Gasteiger partial charge on any atom is 0.314 e. The number of thioether (sulfide) groups is 1. The lowest BCUT2D eigenvalue weighted by molar-refractivity contribution is -0.143. The van der Waals surface area contributed by atoms with Crippen molar-refractivity contribution in [2.24, 2.45) is 5.84 Å². The van der Waals surface area contributed by atoms with Crippen LogP contribution in [0.2, 0.25) is 0 Å². The molecule has 186 valence electrons. The smallest absolute Gasteiger partial charge is 0.314 e. The van der Waals surface area contributed by atoms with Crippen LogP contribution >= 0.6 is 11.8 Å². The molecule has 1 fully saturated rings. The van der Waals surface area contributed by atoms with Crippen molar-refractivity contribution in [3.8, 4) is 0 Å². The van der Waals surface area contributed by atoms with E-state index in [4.69, 9.17) is 10.6 Å². The maximum atomic E-state index is 11.9. The molecule has 0 aliphatic carbocycles. The second-order valence-corrected chi connectivity index (χ2v) is 9.59. The molecule has 1 rings (SSSR count). The van der Waals surface area contributed by atoms with Crippen molar-refractivity contribution < 1.29 is 19.1 Å². The summed E-state index contributed by atoms with van der Waals surface area (Å²) in [6.45, 7) is 1.90. The monoisotopic (exact) mass is 473 g/mol. The zero-order valence-electron chi connectivity index (χ0n) is 19.6. The number of nitrogens with one attached hydrogen (secondary N) is 4. The van der Waals surface area contributed by atoms with Gasteiger partial charge < -0.3 is 20.7 Å². The Labute approximate surface area is 197 Å². The van der Waals surface area contributed by atoms with Crippen molar-refractivity contribution in [1.82, 2.24) is 21.4 Å². The number of carbonyl (C=O) groups is 3. The fourth-order valence-electron chi connectivity index (χ4n) is 3.57. The van der Waals surface area contributed by atoms with E-state index in [1.165, 1.54) is 0 Å². The predicted molar refractivity (Wildman–Crippen MR) is 129 cm³/mol. The van der Waals surface area contributed by atoms with Crippen LogP contribution in [-0.2, 0) is 14.3 Å². The zero-order valence-corrected chi connectivity index (χ0v) is 20.4. The first-order valence-corrected chi connectivity index (χ1v) is 13.1. The molecule has 1 aliphatic heterocycles. The van der Waals surface area contributed by atoms with Crippen molar-refractivity contribution in [3.63, 3.8) is 0 Å². The van der Waals surface area contributed by atoms with Gasteiger partial charge in [0.2, 0.25) is 5.91 Å². The molecule has 6 N–H and O–H groups in total.